The van der Waals surface area contributed by atoms with E-state index in [0.717, 1.165) is 17.7 Å². The third-order valence-electron chi connectivity index (χ3n) is 2.69. The number of carboxylic acids is 1. The van der Waals surface area contributed by atoms with Crippen LogP contribution in [0.3, 0.4) is 0 Å². The molecule has 0 aromatic carbocycles. The molecule has 1 heterocycles. The predicted octanol–water partition coefficient (Wildman–Crippen LogP) is 1.75. The van der Waals surface area contributed by atoms with Crippen LogP contribution in [0.2, 0.25) is 0 Å². The Labute approximate surface area is 92.6 Å². The Bertz CT molecular complexity index is 335. The average Bonchev–Trinajstić information content (AvgIpc) is 2.88. The van der Waals surface area contributed by atoms with Crippen LogP contribution in [0, 0.1) is 0 Å². The van der Waals surface area contributed by atoms with Gasteiger partial charge in [-0.2, -0.15) is 0 Å². The lowest BCUT2D eigenvalue weighted by Gasteiger charge is -2.26. The number of hydrogen-bond donors (Lipinski definition) is 1. The first-order chi connectivity index (χ1) is 7.18. The minimum atomic E-state index is -0.752. The van der Waals surface area contributed by atoms with Crippen LogP contribution in [-0.2, 0) is 4.79 Å². The predicted molar refractivity (Wildman–Crippen MR) is 57.9 cm³/mol. The van der Waals surface area contributed by atoms with Crippen molar-refractivity contribution in [1.29, 1.82) is 0 Å². The third kappa shape index (κ3) is 2.54. The summed E-state index contributed by atoms with van der Waals surface area (Å²) in [7, 11) is 0. The molecule has 0 aliphatic heterocycles. The highest BCUT2D eigenvalue weighted by atomic mass is 32.1. The van der Waals surface area contributed by atoms with Crippen molar-refractivity contribution in [2.45, 2.75) is 31.8 Å². The van der Waals surface area contributed by atoms with Crippen molar-refractivity contribution in [3.8, 4) is 0 Å². The molecule has 1 aromatic heterocycles. The summed E-state index contributed by atoms with van der Waals surface area (Å²) in [4.78, 5) is 18.0. The van der Waals surface area contributed by atoms with Crippen LogP contribution >= 0.6 is 11.3 Å². The zero-order valence-corrected chi connectivity index (χ0v) is 9.41. The van der Waals surface area contributed by atoms with Crippen LogP contribution in [0.15, 0.2) is 11.7 Å². The largest absolute Gasteiger partial charge is 0.480 e. The molecule has 1 N–H and O–H groups in total. The number of hydrogen-bond acceptors (Lipinski definition) is 4. The van der Waals surface area contributed by atoms with E-state index in [0.29, 0.717) is 6.04 Å². The highest BCUT2D eigenvalue weighted by Gasteiger charge is 2.34. The van der Waals surface area contributed by atoms with Crippen molar-refractivity contribution >= 4 is 17.3 Å². The van der Waals surface area contributed by atoms with Gasteiger partial charge in [0.05, 0.1) is 12.1 Å². The fraction of sp³-hybridized carbons (Fsp3) is 0.600. The van der Waals surface area contributed by atoms with E-state index in [1.807, 2.05) is 6.20 Å². The molecule has 1 saturated carbocycles. The van der Waals surface area contributed by atoms with Gasteiger partial charge in [0, 0.05) is 23.2 Å². The molecule has 0 radical (unpaired) electrons. The lowest BCUT2D eigenvalue weighted by Crippen LogP contribution is -2.33. The van der Waals surface area contributed by atoms with E-state index in [1.165, 1.54) is 0 Å². The van der Waals surface area contributed by atoms with Gasteiger partial charge in [-0.1, -0.05) is 0 Å². The lowest BCUT2D eigenvalue weighted by molar-refractivity contribution is -0.139. The topological polar surface area (TPSA) is 53.4 Å². The van der Waals surface area contributed by atoms with E-state index in [9.17, 15) is 4.79 Å². The van der Waals surface area contributed by atoms with Gasteiger partial charge in [0.25, 0.3) is 0 Å². The Morgan fingerprint density at radius 1 is 1.80 bits per heavy atom. The van der Waals surface area contributed by atoms with Crippen LogP contribution in [0.25, 0.3) is 0 Å². The maximum absolute atomic E-state index is 10.8. The molecule has 1 aliphatic carbocycles. The zero-order valence-electron chi connectivity index (χ0n) is 8.59. The quantitative estimate of drug-likeness (QED) is 0.831. The van der Waals surface area contributed by atoms with E-state index in [-0.39, 0.29) is 12.6 Å². The molecule has 1 atom stereocenters. The monoisotopic (exact) mass is 226 g/mol. The second-order valence-electron chi connectivity index (χ2n) is 3.88. The van der Waals surface area contributed by atoms with Crippen molar-refractivity contribution in [1.82, 2.24) is 9.88 Å². The summed E-state index contributed by atoms with van der Waals surface area (Å²) in [5.74, 6) is -0.752. The number of carboxylic acid groups (broad SMARTS) is 1. The molecular formula is C10H14N2O2S. The van der Waals surface area contributed by atoms with Crippen LogP contribution in [0.5, 0.6) is 0 Å². The van der Waals surface area contributed by atoms with Crippen LogP contribution in [-0.4, -0.2) is 33.5 Å². The Morgan fingerprint density at radius 3 is 3.00 bits per heavy atom. The van der Waals surface area contributed by atoms with E-state index in [2.05, 4.69) is 16.8 Å². The molecule has 0 bridgehead atoms. The lowest BCUT2D eigenvalue weighted by atomic mass is 10.2. The minimum Gasteiger partial charge on any atom is -0.480 e. The van der Waals surface area contributed by atoms with Gasteiger partial charge in [-0.3, -0.25) is 14.7 Å². The first-order valence-corrected chi connectivity index (χ1v) is 5.92. The first-order valence-electron chi connectivity index (χ1n) is 5.04. The van der Waals surface area contributed by atoms with Gasteiger partial charge in [-0.05, 0) is 19.8 Å². The number of nitrogens with zero attached hydrogens (tertiary/aromatic N) is 2. The van der Waals surface area contributed by atoms with Gasteiger partial charge in [0.15, 0.2) is 0 Å². The molecule has 1 aliphatic rings. The summed E-state index contributed by atoms with van der Waals surface area (Å²) in [6.45, 7) is 2.18. The van der Waals surface area contributed by atoms with Crippen LogP contribution in [0.1, 0.15) is 30.7 Å². The SMILES string of the molecule is CC(c1cncs1)N(CC(=O)O)C1CC1. The van der Waals surface area contributed by atoms with E-state index < -0.39 is 5.97 Å². The van der Waals surface area contributed by atoms with Crippen LogP contribution < -0.4 is 0 Å². The van der Waals surface area contributed by atoms with Crippen molar-refractivity contribution in [3.63, 3.8) is 0 Å². The van der Waals surface area contributed by atoms with Crippen molar-refractivity contribution in [2.75, 3.05) is 6.54 Å². The Kier molecular flexibility index (Phi) is 3.02. The summed E-state index contributed by atoms with van der Waals surface area (Å²) < 4.78 is 0. The molecule has 1 unspecified atom stereocenters. The normalized spacial score (nSPS) is 18.0. The first kappa shape index (κ1) is 10.6. The summed E-state index contributed by atoms with van der Waals surface area (Å²) in [6.07, 6.45) is 4.07. The van der Waals surface area contributed by atoms with Gasteiger partial charge in [0.2, 0.25) is 0 Å². The summed E-state index contributed by atoms with van der Waals surface area (Å²) in [5, 5.41) is 8.85. The molecule has 0 amide bonds. The molecule has 15 heavy (non-hydrogen) atoms. The molecule has 2 rings (SSSR count). The van der Waals surface area contributed by atoms with E-state index >= 15 is 0 Å². The number of carbonyl (C=O) groups is 1. The Balaban J connectivity index is 2.07. The average molecular weight is 226 g/mol. The second kappa shape index (κ2) is 4.28. The highest BCUT2D eigenvalue weighted by Crippen LogP contribution is 2.34. The standard InChI is InChI=1S/C10H14N2O2S/c1-7(9-4-11-6-15-9)12(5-10(13)14)8-2-3-8/h4,6-8H,2-3,5H2,1H3,(H,13,14). The highest BCUT2D eigenvalue weighted by molar-refractivity contribution is 7.09. The summed E-state index contributed by atoms with van der Waals surface area (Å²) in [6, 6.07) is 0.624. The van der Waals surface area contributed by atoms with Crippen molar-refractivity contribution in [2.24, 2.45) is 0 Å². The molecule has 82 valence electrons. The molecule has 0 saturated heterocycles. The number of rotatable bonds is 5. The van der Waals surface area contributed by atoms with Gasteiger partial charge in [-0.15, -0.1) is 11.3 Å². The molecular weight excluding hydrogens is 212 g/mol. The van der Waals surface area contributed by atoms with Gasteiger partial charge >= 0.3 is 5.97 Å². The minimum absolute atomic E-state index is 0.129. The smallest absolute Gasteiger partial charge is 0.317 e. The van der Waals surface area contributed by atoms with Crippen LogP contribution in [0.4, 0.5) is 0 Å². The van der Waals surface area contributed by atoms with Crippen molar-refractivity contribution < 1.29 is 9.90 Å². The van der Waals surface area contributed by atoms with Crippen molar-refractivity contribution in [3.05, 3.63) is 16.6 Å². The van der Waals surface area contributed by atoms with E-state index in [4.69, 9.17) is 5.11 Å². The molecule has 0 spiro atoms. The Hall–Kier alpha value is -0.940. The summed E-state index contributed by atoms with van der Waals surface area (Å²) >= 11 is 1.59. The molecule has 4 nitrogen and oxygen atoms in total. The maximum atomic E-state index is 10.8. The molecule has 5 heteroatoms. The van der Waals surface area contributed by atoms with Gasteiger partial charge in [0.1, 0.15) is 0 Å². The molecule has 1 fully saturated rings. The Morgan fingerprint density at radius 2 is 2.53 bits per heavy atom. The van der Waals surface area contributed by atoms with E-state index in [1.54, 1.807) is 16.8 Å². The maximum Gasteiger partial charge on any atom is 0.317 e. The fourth-order valence-electron chi connectivity index (χ4n) is 1.74. The third-order valence-corrected chi connectivity index (χ3v) is 3.64. The number of aromatic nitrogens is 1. The zero-order chi connectivity index (χ0) is 10.8. The van der Waals surface area contributed by atoms with Gasteiger partial charge in [-0.25, -0.2) is 0 Å². The van der Waals surface area contributed by atoms with Gasteiger partial charge < -0.3 is 5.11 Å². The number of aliphatic carboxylic acids is 1. The second-order valence-corrected chi connectivity index (χ2v) is 4.79. The molecule has 1 aromatic rings. The number of thiazole rings is 1. The summed E-state index contributed by atoms with van der Waals surface area (Å²) in [5.41, 5.74) is 1.79. The fourth-order valence-corrected chi connectivity index (χ4v) is 2.44.